The van der Waals surface area contributed by atoms with Crippen molar-refractivity contribution >= 4 is 5.91 Å². The van der Waals surface area contributed by atoms with Crippen LogP contribution in [0.2, 0.25) is 0 Å². The molecule has 0 N–H and O–H groups in total. The molecule has 5 nitrogen and oxygen atoms in total. The number of hydrogen-bond acceptors (Lipinski definition) is 4. The third-order valence-corrected chi connectivity index (χ3v) is 3.32. The molecule has 1 atom stereocenters. The molecule has 0 aromatic carbocycles. The quantitative estimate of drug-likeness (QED) is 0.589. The number of carbonyl (C=O) groups is 1. The average Bonchev–Trinajstić information content (AvgIpc) is 2.55. The van der Waals surface area contributed by atoms with Gasteiger partial charge in [0, 0.05) is 38.0 Å². The first kappa shape index (κ1) is 18.6. The highest BCUT2D eigenvalue weighted by Gasteiger charge is 2.20. The average molecular weight is 308 g/mol. The first-order valence-corrected chi connectivity index (χ1v) is 8.07. The normalized spacial score (nSPS) is 12.1. The molecule has 0 saturated carbocycles. The van der Waals surface area contributed by atoms with E-state index in [1.165, 1.54) is 0 Å². The molecule has 1 aromatic heterocycles. The van der Waals surface area contributed by atoms with E-state index in [2.05, 4.69) is 11.9 Å². The van der Waals surface area contributed by atoms with Gasteiger partial charge in [0.05, 0.1) is 13.2 Å². The van der Waals surface area contributed by atoms with Gasteiger partial charge in [0.2, 0.25) is 0 Å². The zero-order valence-corrected chi connectivity index (χ0v) is 14.0. The van der Waals surface area contributed by atoms with Crippen molar-refractivity contribution in [2.45, 2.75) is 39.7 Å². The summed E-state index contributed by atoms with van der Waals surface area (Å²) < 4.78 is 10.8. The monoisotopic (exact) mass is 308 g/mol. The minimum absolute atomic E-state index is 0.0364. The van der Waals surface area contributed by atoms with Crippen LogP contribution in [0.1, 0.15) is 32.9 Å². The lowest BCUT2D eigenvalue weighted by molar-refractivity contribution is -0.143. The Kier molecular flexibility index (Phi) is 9.42. The fraction of sp³-hybridized carbons (Fsp3) is 0.647. The Hall–Kier alpha value is -1.46. The molecule has 5 heteroatoms. The number of ether oxygens (including phenoxy) is 2. The van der Waals surface area contributed by atoms with Gasteiger partial charge in [-0.1, -0.05) is 13.0 Å². The van der Waals surface area contributed by atoms with Crippen LogP contribution in [0.3, 0.4) is 0 Å². The van der Waals surface area contributed by atoms with Gasteiger partial charge in [0.15, 0.2) is 0 Å². The summed E-state index contributed by atoms with van der Waals surface area (Å²) in [7, 11) is 0. The number of amides is 1. The largest absolute Gasteiger partial charge is 0.379 e. The van der Waals surface area contributed by atoms with Crippen molar-refractivity contribution in [1.29, 1.82) is 0 Å². The fourth-order valence-corrected chi connectivity index (χ4v) is 2.15. The second kappa shape index (κ2) is 11.2. The number of hydrogen-bond donors (Lipinski definition) is 0. The van der Waals surface area contributed by atoms with Gasteiger partial charge >= 0.3 is 0 Å². The Morgan fingerprint density at radius 3 is 2.73 bits per heavy atom. The van der Waals surface area contributed by atoms with Crippen LogP contribution in [0, 0.1) is 0 Å². The summed E-state index contributed by atoms with van der Waals surface area (Å²) in [4.78, 5) is 18.6. The molecule has 0 fully saturated rings. The third kappa shape index (κ3) is 7.00. The van der Waals surface area contributed by atoms with Gasteiger partial charge in [-0.2, -0.15) is 0 Å². The van der Waals surface area contributed by atoms with Crippen molar-refractivity contribution in [2.24, 2.45) is 0 Å². The molecule has 0 aliphatic carbocycles. The van der Waals surface area contributed by atoms with Gasteiger partial charge in [0.25, 0.3) is 5.91 Å². The number of aromatic nitrogens is 1. The summed E-state index contributed by atoms with van der Waals surface area (Å²) in [5, 5.41) is 0. The summed E-state index contributed by atoms with van der Waals surface area (Å²) in [5.74, 6) is 0.0364. The highest BCUT2D eigenvalue weighted by Crippen LogP contribution is 2.04. The molecule has 1 heterocycles. The third-order valence-electron chi connectivity index (χ3n) is 3.32. The van der Waals surface area contributed by atoms with Crippen molar-refractivity contribution in [3.63, 3.8) is 0 Å². The molecule has 0 aliphatic heterocycles. The lowest BCUT2D eigenvalue weighted by Crippen LogP contribution is -2.41. The maximum Gasteiger partial charge on any atom is 0.251 e. The van der Waals surface area contributed by atoms with E-state index in [4.69, 9.17) is 9.47 Å². The van der Waals surface area contributed by atoms with Crippen molar-refractivity contribution in [3.05, 3.63) is 30.1 Å². The molecule has 1 amide bonds. The fourth-order valence-electron chi connectivity index (χ4n) is 2.15. The molecular formula is C17H28N2O3. The molecule has 1 rings (SSSR count). The van der Waals surface area contributed by atoms with E-state index in [1.54, 1.807) is 13.1 Å². The van der Waals surface area contributed by atoms with Crippen LogP contribution >= 0.6 is 0 Å². The van der Waals surface area contributed by atoms with Gasteiger partial charge in [-0.15, -0.1) is 0 Å². The van der Waals surface area contributed by atoms with E-state index in [9.17, 15) is 4.79 Å². The Morgan fingerprint density at radius 2 is 2.09 bits per heavy atom. The van der Waals surface area contributed by atoms with Crippen LogP contribution in [0.15, 0.2) is 24.4 Å². The van der Waals surface area contributed by atoms with Gasteiger partial charge in [-0.25, -0.2) is 0 Å². The van der Waals surface area contributed by atoms with E-state index >= 15 is 0 Å². The first-order chi connectivity index (χ1) is 10.7. The molecule has 1 aromatic rings. The first-order valence-electron chi connectivity index (χ1n) is 8.07. The minimum Gasteiger partial charge on any atom is -0.379 e. The SMILES string of the molecule is CCCN(CCc1ccccn1)C(=O)[C@H](C)OCCOCC. The molecule has 22 heavy (non-hydrogen) atoms. The summed E-state index contributed by atoms with van der Waals surface area (Å²) in [6, 6.07) is 5.84. The maximum atomic E-state index is 12.5. The second-order valence-corrected chi connectivity index (χ2v) is 5.11. The van der Waals surface area contributed by atoms with Gasteiger partial charge in [-0.05, 0) is 32.4 Å². The second-order valence-electron chi connectivity index (χ2n) is 5.11. The van der Waals surface area contributed by atoms with Crippen LogP contribution in [-0.2, 0) is 20.7 Å². The van der Waals surface area contributed by atoms with Crippen LogP contribution in [-0.4, -0.2) is 54.8 Å². The van der Waals surface area contributed by atoms with E-state index in [-0.39, 0.29) is 5.91 Å². The zero-order chi connectivity index (χ0) is 16.2. The number of carbonyl (C=O) groups excluding carboxylic acids is 1. The van der Waals surface area contributed by atoms with E-state index in [0.29, 0.717) is 26.4 Å². The molecule has 0 unspecified atom stereocenters. The summed E-state index contributed by atoms with van der Waals surface area (Å²) >= 11 is 0. The lowest BCUT2D eigenvalue weighted by atomic mass is 10.2. The van der Waals surface area contributed by atoms with Gasteiger partial charge in [-0.3, -0.25) is 9.78 Å². The Morgan fingerprint density at radius 1 is 1.27 bits per heavy atom. The molecule has 124 valence electrons. The molecular weight excluding hydrogens is 280 g/mol. The van der Waals surface area contributed by atoms with Crippen LogP contribution in [0.4, 0.5) is 0 Å². The summed E-state index contributed by atoms with van der Waals surface area (Å²) in [5.41, 5.74) is 1.00. The Bertz CT molecular complexity index is 412. The Balaban J connectivity index is 2.44. The molecule has 0 bridgehead atoms. The van der Waals surface area contributed by atoms with Gasteiger partial charge in [0.1, 0.15) is 6.10 Å². The molecule has 0 saturated heterocycles. The van der Waals surface area contributed by atoms with E-state index in [0.717, 1.165) is 25.1 Å². The smallest absolute Gasteiger partial charge is 0.251 e. The van der Waals surface area contributed by atoms with E-state index < -0.39 is 6.10 Å². The van der Waals surface area contributed by atoms with Crippen molar-refractivity contribution in [1.82, 2.24) is 9.88 Å². The summed E-state index contributed by atoms with van der Waals surface area (Å²) in [6.07, 6.45) is 3.04. The molecule has 0 aliphatic rings. The van der Waals surface area contributed by atoms with Crippen LogP contribution in [0.5, 0.6) is 0 Å². The lowest BCUT2D eigenvalue weighted by Gasteiger charge is -2.25. The maximum absolute atomic E-state index is 12.5. The number of rotatable bonds is 11. The Labute approximate surface area is 133 Å². The minimum atomic E-state index is -0.435. The van der Waals surface area contributed by atoms with Gasteiger partial charge < -0.3 is 14.4 Å². The number of nitrogens with zero attached hydrogens (tertiary/aromatic N) is 2. The van der Waals surface area contributed by atoms with Crippen molar-refractivity contribution < 1.29 is 14.3 Å². The highest BCUT2D eigenvalue weighted by molar-refractivity contribution is 5.80. The number of pyridine rings is 1. The van der Waals surface area contributed by atoms with Crippen LogP contribution in [0.25, 0.3) is 0 Å². The molecule has 0 spiro atoms. The van der Waals surface area contributed by atoms with Crippen LogP contribution < -0.4 is 0 Å². The summed E-state index contributed by atoms with van der Waals surface area (Å²) in [6.45, 7) is 8.86. The van der Waals surface area contributed by atoms with Crippen molar-refractivity contribution in [3.8, 4) is 0 Å². The zero-order valence-electron chi connectivity index (χ0n) is 14.0. The predicted octanol–water partition coefficient (Wildman–Crippen LogP) is 2.30. The predicted molar refractivity (Wildman–Crippen MR) is 86.7 cm³/mol. The topological polar surface area (TPSA) is 51.7 Å². The van der Waals surface area contributed by atoms with Crippen molar-refractivity contribution in [2.75, 3.05) is 32.9 Å². The standard InChI is InChI=1S/C17H28N2O3/c1-4-11-19(12-9-16-8-6-7-10-18-16)17(20)15(3)22-14-13-21-5-2/h6-8,10,15H,4-5,9,11-14H2,1-3H3/t15-/m0/s1. The van der Waals surface area contributed by atoms with E-state index in [1.807, 2.05) is 30.0 Å². The highest BCUT2D eigenvalue weighted by atomic mass is 16.5. The molecule has 0 radical (unpaired) electrons.